The lowest BCUT2D eigenvalue weighted by atomic mass is 9.94. The molecule has 0 saturated carbocycles. The summed E-state index contributed by atoms with van der Waals surface area (Å²) in [7, 11) is 0. The van der Waals surface area contributed by atoms with Gasteiger partial charge in [-0.15, -0.1) is 0 Å². The molecule has 0 unspecified atom stereocenters. The number of hydrogen-bond acceptors (Lipinski definition) is 2. The smallest absolute Gasteiger partial charge is 0.166 e. The molecule has 1 aliphatic rings. The predicted octanol–water partition coefficient (Wildman–Crippen LogP) is 8.82. The van der Waals surface area contributed by atoms with Crippen molar-refractivity contribution < 1.29 is 22.6 Å². The van der Waals surface area contributed by atoms with Crippen LogP contribution in [0.2, 0.25) is 0 Å². The Morgan fingerprint density at radius 2 is 1.39 bits per heavy atom. The van der Waals surface area contributed by atoms with E-state index in [0.717, 1.165) is 44.1 Å². The molecule has 0 spiro atoms. The maximum Gasteiger partial charge on any atom is 0.166 e. The second kappa shape index (κ2) is 12.6. The van der Waals surface area contributed by atoms with E-state index in [-0.39, 0.29) is 23.6 Å². The Morgan fingerprint density at radius 1 is 0.722 bits per heavy atom. The molecule has 1 saturated heterocycles. The molecule has 1 aliphatic heterocycles. The van der Waals surface area contributed by atoms with Crippen LogP contribution in [0.1, 0.15) is 69.4 Å². The van der Waals surface area contributed by atoms with Gasteiger partial charge < -0.3 is 9.47 Å². The minimum Gasteiger partial charge on any atom is -0.352 e. The van der Waals surface area contributed by atoms with Crippen molar-refractivity contribution in [2.24, 2.45) is 0 Å². The van der Waals surface area contributed by atoms with Crippen LogP contribution in [0, 0.1) is 17.5 Å². The quantitative estimate of drug-likeness (QED) is 0.261. The summed E-state index contributed by atoms with van der Waals surface area (Å²) in [5.41, 5.74) is 3.17. The zero-order valence-corrected chi connectivity index (χ0v) is 21.2. The van der Waals surface area contributed by atoms with Crippen molar-refractivity contribution in [1.82, 2.24) is 0 Å². The second-order valence-electron chi connectivity index (χ2n) is 9.61. The van der Waals surface area contributed by atoms with Gasteiger partial charge in [0.2, 0.25) is 0 Å². The van der Waals surface area contributed by atoms with E-state index in [2.05, 4.69) is 13.8 Å². The van der Waals surface area contributed by atoms with Crippen LogP contribution in [0.15, 0.2) is 54.6 Å². The first-order chi connectivity index (χ1) is 17.5. The minimum absolute atomic E-state index is 0.00322. The number of unbranched alkanes of at least 4 members (excludes halogenated alkanes) is 3. The molecule has 0 aromatic heterocycles. The number of rotatable bonds is 10. The van der Waals surface area contributed by atoms with Crippen molar-refractivity contribution in [3.05, 3.63) is 83.2 Å². The summed E-state index contributed by atoms with van der Waals surface area (Å²) < 4.78 is 56.0. The molecule has 0 bridgehead atoms. The average Bonchev–Trinajstić information content (AvgIpc) is 2.90. The van der Waals surface area contributed by atoms with E-state index in [0.29, 0.717) is 41.9 Å². The van der Waals surface area contributed by atoms with Gasteiger partial charge in [-0.1, -0.05) is 88.1 Å². The number of ether oxygens (including phenoxy) is 2. The second-order valence-corrected chi connectivity index (χ2v) is 9.61. The van der Waals surface area contributed by atoms with E-state index in [1.54, 1.807) is 42.5 Å². The van der Waals surface area contributed by atoms with E-state index in [1.807, 2.05) is 6.07 Å². The molecule has 3 aromatic carbocycles. The van der Waals surface area contributed by atoms with E-state index in [9.17, 15) is 8.78 Å². The molecule has 0 atom stereocenters. The van der Waals surface area contributed by atoms with Crippen molar-refractivity contribution in [1.29, 1.82) is 0 Å². The molecule has 3 aromatic rings. The van der Waals surface area contributed by atoms with E-state index in [1.165, 1.54) is 6.07 Å². The van der Waals surface area contributed by atoms with Crippen LogP contribution in [0.5, 0.6) is 0 Å². The molecule has 36 heavy (non-hydrogen) atoms. The summed E-state index contributed by atoms with van der Waals surface area (Å²) in [5.74, 6) is -1.94. The zero-order chi connectivity index (χ0) is 25.5. The average molecular weight is 497 g/mol. The first kappa shape index (κ1) is 26.4. The highest BCUT2D eigenvalue weighted by Crippen LogP contribution is 2.32. The van der Waals surface area contributed by atoms with E-state index in [4.69, 9.17) is 9.47 Å². The van der Waals surface area contributed by atoms with Crippen LogP contribution in [-0.4, -0.2) is 19.5 Å². The summed E-state index contributed by atoms with van der Waals surface area (Å²) in [6.45, 7) is 5.23. The number of hydrogen-bond donors (Lipinski definition) is 0. The Bertz CT molecular complexity index is 1140. The molecule has 1 fully saturated rings. The third-order valence-corrected chi connectivity index (χ3v) is 6.92. The Morgan fingerprint density at radius 3 is 2.03 bits per heavy atom. The maximum atomic E-state index is 15.0. The lowest BCUT2D eigenvalue weighted by Gasteiger charge is -2.29. The lowest BCUT2D eigenvalue weighted by Crippen LogP contribution is -2.30. The first-order valence-electron chi connectivity index (χ1n) is 13.1. The van der Waals surface area contributed by atoms with Gasteiger partial charge in [-0.05, 0) is 47.6 Å². The van der Waals surface area contributed by atoms with Gasteiger partial charge in [0, 0.05) is 17.0 Å². The fourth-order valence-electron chi connectivity index (χ4n) is 4.73. The lowest BCUT2D eigenvalue weighted by molar-refractivity contribution is -0.189. The van der Waals surface area contributed by atoms with Gasteiger partial charge in [0.1, 0.15) is 5.82 Å². The molecular weight excluding hydrogens is 461 g/mol. The van der Waals surface area contributed by atoms with Gasteiger partial charge in [-0.3, -0.25) is 0 Å². The highest BCUT2D eigenvalue weighted by atomic mass is 19.2. The minimum atomic E-state index is -0.829. The van der Waals surface area contributed by atoms with E-state index >= 15 is 4.39 Å². The van der Waals surface area contributed by atoms with Gasteiger partial charge in [0.15, 0.2) is 17.9 Å². The van der Waals surface area contributed by atoms with Gasteiger partial charge in [0.05, 0.1) is 13.2 Å². The normalized spacial score (nSPS) is 17.9. The summed E-state index contributed by atoms with van der Waals surface area (Å²) in [6, 6.07) is 15.4. The van der Waals surface area contributed by atoms with Crippen LogP contribution in [0.4, 0.5) is 13.2 Å². The number of benzene rings is 3. The molecule has 0 N–H and O–H groups in total. The number of aryl methyl sites for hydroxylation is 1. The fourth-order valence-corrected chi connectivity index (χ4v) is 4.73. The molecule has 1 heterocycles. The van der Waals surface area contributed by atoms with E-state index < -0.39 is 11.6 Å². The Hall–Kier alpha value is -2.63. The summed E-state index contributed by atoms with van der Waals surface area (Å²) in [4.78, 5) is 0. The molecule has 192 valence electrons. The molecule has 4 rings (SSSR count). The van der Waals surface area contributed by atoms with Crippen molar-refractivity contribution in [2.75, 3.05) is 13.2 Å². The highest BCUT2D eigenvalue weighted by Gasteiger charge is 2.24. The molecule has 2 nitrogen and oxygen atoms in total. The monoisotopic (exact) mass is 496 g/mol. The van der Waals surface area contributed by atoms with Crippen molar-refractivity contribution in [3.8, 4) is 22.3 Å². The summed E-state index contributed by atoms with van der Waals surface area (Å²) >= 11 is 0. The van der Waals surface area contributed by atoms with Crippen LogP contribution in [-0.2, 0) is 15.9 Å². The molecule has 0 aliphatic carbocycles. The van der Waals surface area contributed by atoms with Crippen molar-refractivity contribution in [3.63, 3.8) is 0 Å². The Balaban J connectivity index is 1.45. The third kappa shape index (κ3) is 6.19. The molecule has 0 radical (unpaired) electrons. The summed E-state index contributed by atoms with van der Waals surface area (Å²) in [6.07, 6.45) is 6.27. The fraction of sp³-hybridized carbons (Fsp3) is 0.419. The van der Waals surface area contributed by atoms with Crippen molar-refractivity contribution >= 4 is 0 Å². The predicted molar refractivity (Wildman–Crippen MR) is 138 cm³/mol. The largest absolute Gasteiger partial charge is 0.352 e. The topological polar surface area (TPSA) is 18.5 Å². The van der Waals surface area contributed by atoms with Gasteiger partial charge in [-0.25, -0.2) is 13.2 Å². The number of halogens is 3. The highest BCUT2D eigenvalue weighted by molar-refractivity contribution is 5.71. The molecule has 0 amide bonds. The maximum absolute atomic E-state index is 15.0. The standard InChI is InChI=1S/C31H35F3O2/c1-3-5-6-7-9-23-14-17-27(31(34)30(23)33)22-12-10-21(11-13-22)26-16-15-24(18-28(26)32)25-19-35-29(8-4-2)36-20-25/h10-18,25,29H,3-9,19-20H2,1-2H3. The van der Waals surface area contributed by atoms with Crippen LogP contribution >= 0.6 is 0 Å². The Kier molecular flexibility index (Phi) is 9.22. The van der Waals surface area contributed by atoms with Gasteiger partial charge in [0.25, 0.3) is 0 Å². The van der Waals surface area contributed by atoms with Crippen LogP contribution in [0.25, 0.3) is 22.3 Å². The van der Waals surface area contributed by atoms with Crippen LogP contribution in [0.3, 0.4) is 0 Å². The molecular formula is C31H35F3O2. The Labute approximate surface area is 212 Å². The first-order valence-corrected chi connectivity index (χ1v) is 13.1. The molecule has 5 heteroatoms. The van der Waals surface area contributed by atoms with Crippen molar-refractivity contribution in [2.45, 2.75) is 71.0 Å². The van der Waals surface area contributed by atoms with Crippen LogP contribution < -0.4 is 0 Å². The van der Waals surface area contributed by atoms with Gasteiger partial charge in [-0.2, -0.15) is 0 Å². The summed E-state index contributed by atoms with van der Waals surface area (Å²) in [5, 5.41) is 0. The SMILES string of the molecule is CCCCCCc1ccc(-c2ccc(-c3ccc(C4COC(CCC)OC4)cc3F)cc2)c(F)c1F. The third-order valence-electron chi connectivity index (χ3n) is 6.92. The zero-order valence-electron chi connectivity index (χ0n) is 21.2. The van der Waals surface area contributed by atoms with Gasteiger partial charge >= 0.3 is 0 Å².